The standard InChI is InChI=1S/C15H24O2/c1-4-5-6-11(2)7-8-13-9-14(16)10-15(17)12(13)3/h6-8,14-17H,4-5,9-10H2,1-3H3/b8-7-,11-6+. The number of hydrogen-bond donors (Lipinski definition) is 2. The molecule has 1 aliphatic rings. The van der Waals surface area contributed by atoms with Crippen LogP contribution in [0.4, 0.5) is 0 Å². The first-order chi connectivity index (χ1) is 8.04. The average Bonchev–Trinajstić information content (AvgIpc) is 2.29. The van der Waals surface area contributed by atoms with Gasteiger partial charge in [-0.3, -0.25) is 0 Å². The molecule has 2 heteroatoms. The molecule has 0 heterocycles. The third-order valence-electron chi connectivity index (χ3n) is 3.26. The van der Waals surface area contributed by atoms with E-state index in [1.807, 2.05) is 13.0 Å². The quantitative estimate of drug-likeness (QED) is 0.736. The molecule has 0 aromatic rings. The van der Waals surface area contributed by atoms with Crippen molar-refractivity contribution in [3.63, 3.8) is 0 Å². The average molecular weight is 236 g/mol. The Balaban J connectivity index is 2.72. The van der Waals surface area contributed by atoms with Crippen LogP contribution in [-0.4, -0.2) is 22.4 Å². The summed E-state index contributed by atoms with van der Waals surface area (Å²) in [5, 5.41) is 19.4. The van der Waals surface area contributed by atoms with Crippen molar-refractivity contribution in [2.45, 2.75) is 58.7 Å². The van der Waals surface area contributed by atoms with Crippen LogP contribution in [0.5, 0.6) is 0 Å². The topological polar surface area (TPSA) is 40.5 Å². The minimum atomic E-state index is -0.488. The van der Waals surface area contributed by atoms with Gasteiger partial charge in [0.05, 0.1) is 12.2 Å². The monoisotopic (exact) mass is 236 g/mol. The first kappa shape index (κ1) is 14.2. The maximum absolute atomic E-state index is 9.76. The van der Waals surface area contributed by atoms with E-state index in [2.05, 4.69) is 26.0 Å². The van der Waals surface area contributed by atoms with Gasteiger partial charge >= 0.3 is 0 Å². The summed E-state index contributed by atoms with van der Waals surface area (Å²) in [5.74, 6) is 0. The van der Waals surface area contributed by atoms with E-state index in [0.29, 0.717) is 12.8 Å². The highest BCUT2D eigenvalue weighted by Gasteiger charge is 2.22. The lowest BCUT2D eigenvalue weighted by Gasteiger charge is -2.25. The molecule has 0 aliphatic heterocycles. The number of allylic oxidation sites excluding steroid dienone is 4. The van der Waals surface area contributed by atoms with Gasteiger partial charge in [0.2, 0.25) is 0 Å². The van der Waals surface area contributed by atoms with Gasteiger partial charge in [-0.1, -0.05) is 37.1 Å². The molecule has 0 bridgehead atoms. The van der Waals surface area contributed by atoms with E-state index < -0.39 is 12.2 Å². The minimum Gasteiger partial charge on any atom is -0.393 e. The maximum Gasteiger partial charge on any atom is 0.0777 e. The van der Waals surface area contributed by atoms with Gasteiger partial charge in [0.1, 0.15) is 0 Å². The van der Waals surface area contributed by atoms with E-state index in [-0.39, 0.29) is 0 Å². The molecule has 0 radical (unpaired) electrons. The van der Waals surface area contributed by atoms with Gasteiger partial charge < -0.3 is 10.2 Å². The summed E-state index contributed by atoms with van der Waals surface area (Å²) in [6.45, 7) is 6.19. The number of unbranched alkanes of at least 4 members (excludes halogenated alkanes) is 1. The Kier molecular flexibility index (Phi) is 5.66. The summed E-state index contributed by atoms with van der Waals surface area (Å²) in [6.07, 6.45) is 8.79. The molecular formula is C15H24O2. The normalized spacial score (nSPS) is 27.0. The van der Waals surface area contributed by atoms with Gasteiger partial charge in [0, 0.05) is 6.42 Å². The Morgan fingerprint density at radius 1 is 1.41 bits per heavy atom. The van der Waals surface area contributed by atoms with Crippen molar-refractivity contribution in [2.24, 2.45) is 0 Å². The highest BCUT2D eigenvalue weighted by atomic mass is 16.3. The molecule has 96 valence electrons. The van der Waals surface area contributed by atoms with Crippen molar-refractivity contribution in [3.8, 4) is 0 Å². The lowest BCUT2D eigenvalue weighted by Crippen LogP contribution is -2.25. The molecular weight excluding hydrogens is 212 g/mol. The van der Waals surface area contributed by atoms with Crippen LogP contribution in [0.1, 0.15) is 46.5 Å². The Bertz CT molecular complexity index is 337. The molecule has 2 atom stereocenters. The van der Waals surface area contributed by atoms with Gasteiger partial charge in [-0.2, -0.15) is 0 Å². The van der Waals surface area contributed by atoms with E-state index in [1.165, 1.54) is 5.57 Å². The summed E-state index contributed by atoms with van der Waals surface area (Å²) >= 11 is 0. The van der Waals surface area contributed by atoms with E-state index in [0.717, 1.165) is 24.0 Å². The zero-order chi connectivity index (χ0) is 12.8. The fourth-order valence-corrected chi connectivity index (χ4v) is 2.02. The molecule has 0 spiro atoms. The fraction of sp³-hybridized carbons (Fsp3) is 0.600. The number of hydrogen-bond acceptors (Lipinski definition) is 2. The van der Waals surface area contributed by atoms with E-state index in [1.54, 1.807) is 0 Å². The Hall–Kier alpha value is -0.860. The first-order valence-corrected chi connectivity index (χ1v) is 6.45. The largest absolute Gasteiger partial charge is 0.393 e. The number of aliphatic hydroxyl groups excluding tert-OH is 2. The predicted octanol–water partition coefficient (Wildman–Crippen LogP) is 3.12. The molecule has 0 amide bonds. The Labute approximate surface area is 104 Å². The zero-order valence-electron chi connectivity index (χ0n) is 11.1. The van der Waals surface area contributed by atoms with Crippen molar-refractivity contribution < 1.29 is 10.2 Å². The zero-order valence-corrected chi connectivity index (χ0v) is 11.1. The van der Waals surface area contributed by atoms with E-state index >= 15 is 0 Å². The van der Waals surface area contributed by atoms with Crippen LogP contribution in [0, 0.1) is 0 Å². The third-order valence-corrected chi connectivity index (χ3v) is 3.26. The van der Waals surface area contributed by atoms with Gasteiger partial charge in [-0.15, -0.1) is 0 Å². The Morgan fingerprint density at radius 2 is 2.12 bits per heavy atom. The summed E-state index contributed by atoms with van der Waals surface area (Å²) in [6, 6.07) is 0. The van der Waals surface area contributed by atoms with Crippen LogP contribution in [0.25, 0.3) is 0 Å². The van der Waals surface area contributed by atoms with Crippen LogP contribution in [0.15, 0.2) is 34.9 Å². The molecule has 0 saturated heterocycles. The minimum absolute atomic E-state index is 0.409. The second kappa shape index (κ2) is 6.77. The second-order valence-corrected chi connectivity index (χ2v) is 4.89. The summed E-state index contributed by atoms with van der Waals surface area (Å²) in [4.78, 5) is 0. The van der Waals surface area contributed by atoms with Crippen LogP contribution in [-0.2, 0) is 0 Å². The molecule has 1 rings (SSSR count). The van der Waals surface area contributed by atoms with Crippen molar-refractivity contribution in [1.29, 1.82) is 0 Å². The van der Waals surface area contributed by atoms with Gasteiger partial charge in [-0.05, 0) is 37.8 Å². The van der Waals surface area contributed by atoms with Crippen molar-refractivity contribution >= 4 is 0 Å². The van der Waals surface area contributed by atoms with Crippen LogP contribution >= 0.6 is 0 Å². The summed E-state index contributed by atoms with van der Waals surface area (Å²) in [7, 11) is 0. The fourth-order valence-electron chi connectivity index (χ4n) is 2.02. The molecule has 2 unspecified atom stereocenters. The van der Waals surface area contributed by atoms with E-state index in [4.69, 9.17) is 0 Å². The number of rotatable bonds is 4. The second-order valence-electron chi connectivity index (χ2n) is 4.89. The van der Waals surface area contributed by atoms with Gasteiger partial charge in [-0.25, -0.2) is 0 Å². The lowest BCUT2D eigenvalue weighted by molar-refractivity contribution is 0.0879. The molecule has 0 aromatic carbocycles. The van der Waals surface area contributed by atoms with Crippen molar-refractivity contribution in [1.82, 2.24) is 0 Å². The molecule has 1 aliphatic carbocycles. The van der Waals surface area contributed by atoms with Gasteiger partial charge in [0.25, 0.3) is 0 Å². The smallest absolute Gasteiger partial charge is 0.0777 e. The highest BCUT2D eigenvalue weighted by molar-refractivity contribution is 5.33. The van der Waals surface area contributed by atoms with Crippen LogP contribution in [0.2, 0.25) is 0 Å². The van der Waals surface area contributed by atoms with Crippen molar-refractivity contribution in [3.05, 3.63) is 34.9 Å². The lowest BCUT2D eigenvalue weighted by atomic mass is 9.88. The molecule has 0 fully saturated rings. The summed E-state index contributed by atoms with van der Waals surface area (Å²) in [5.41, 5.74) is 3.30. The Morgan fingerprint density at radius 3 is 2.76 bits per heavy atom. The highest BCUT2D eigenvalue weighted by Crippen LogP contribution is 2.26. The van der Waals surface area contributed by atoms with E-state index in [9.17, 15) is 10.2 Å². The summed E-state index contributed by atoms with van der Waals surface area (Å²) < 4.78 is 0. The van der Waals surface area contributed by atoms with Crippen LogP contribution < -0.4 is 0 Å². The molecule has 0 saturated carbocycles. The third kappa shape index (κ3) is 4.49. The first-order valence-electron chi connectivity index (χ1n) is 6.45. The molecule has 17 heavy (non-hydrogen) atoms. The molecule has 2 N–H and O–H groups in total. The van der Waals surface area contributed by atoms with Crippen molar-refractivity contribution in [2.75, 3.05) is 0 Å². The molecule has 0 aromatic heterocycles. The molecule has 2 nitrogen and oxygen atoms in total. The number of aliphatic hydroxyl groups is 2. The SMILES string of the molecule is CCC/C=C(C)/C=C\C1=C(C)C(O)CC(O)C1. The van der Waals surface area contributed by atoms with Crippen LogP contribution in [0.3, 0.4) is 0 Å². The predicted molar refractivity (Wildman–Crippen MR) is 71.8 cm³/mol. The maximum atomic E-state index is 9.76. The van der Waals surface area contributed by atoms with Gasteiger partial charge in [0.15, 0.2) is 0 Å².